The number of fused-ring (bicyclic) bond motifs is 4. The summed E-state index contributed by atoms with van der Waals surface area (Å²) in [6, 6.07) is -0.566. The van der Waals surface area contributed by atoms with Gasteiger partial charge in [0.05, 0.1) is 11.6 Å². The van der Waals surface area contributed by atoms with Crippen LogP contribution in [0.3, 0.4) is 0 Å². The third-order valence-corrected chi connectivity index (χ3v) is 6.94. The molecule has 0 aliphatic carbocycles. The first-order chi connectivity index (χ1) is 16.3. The van der Waals surface area contributed by atoms with E-state index < -0.39 is 40.7 Å². The average Bonchev–Trinajstić information content (AvgIpc) is 3.09. The van der Waals surface area contributed by atoms with Crippen LogP contribution in [0.2, 0.25) is 0 Å². The first-order valence-corrected chi connectivity index (χ1v) is 12.8. The lowest BCUT2D eigenvalue weighted by Crippen LogP contribution is -2.53. The topological polar surface area (TPSA) is 79.3 Å². The molecule has 2 amide bonds. The van der Waals surface area contributed by atoms with Gasteiger partial charge in [0.2, 0.25) is 0 Å². The molecular formula is C26H41F3N2O5. The molecule has 4 atom stereocenters. The van der Waals surface area contributed by atoms with Gasteiger partial charge in [-0.1, -0.05) is 6.08 Å². The average molecular weight is 519 g/mol. The number of halogens is 3. The highest BCUT2D eigenvalue weighted by atomic mass is 19.4. The molecule has 36 heavy (non-hydrogen) atoms. The van der Waals surface area contributed by atoms with Gasteiger partial charge in [0.25, 0.3) is 0 Å². The van der Waals surface area contributed by atoms with Gasteiger partial charge in [0, 0.05) is 23.7 Å². The summed E-state index contributed by atoms with van der Waals surface area (Å²) in [6.07, 6.45) is 0.501. The summed E-state index contributed by atoms with van der Waals surface area (Å²) in [4.78, 5) is 27.4. The van der Waals surface area contributed by atoms with E-state index >= 15 is 0 Å². The standard InChI is InChI=1S/C13H18F3NO2.C13H23NO3/c1-12(2,3)19-11(18)17-9-4-5-10(17)7-8(6-9)13(14,15)16;1-12(2,3)17-11(15)14-9-5-6-10(14)8-13(4,16)7-9/h6,9-10H,4-5,7H2,1-3H3;9-10,16H,5-8H2,1-4H3. The number of piperidine rings is 1. The van der Waals surface area contributed by atoms with Crippen LogP contribution in [-0.2, 0) is 9.47 Å². The number of hydrogen-bond donors (Lipinski definition) is 1. The van der Waals surface area contributed by atoms with Crippen LogP contribution in [0.1, 0.15) is 93.4 Å². The van der Waals surface area contributed by atoms with Gasteiger partial charge in [0.15, 0.2) is 0 Å². The van der Waals surface area contributed by atoms with Crippen LogP contribution in [0.5, 0.6) is 0 Å². The van der Waals surface area contributed by atoms with Crippen molar-refractivity contribution in [2.45, 2.75) is 141 Å². The highest BCUT2D eigenvalue weighted by Crippen LogP contribution is 2.42. The smallest absolute Gasteiger partial charge is 0.412 e. The fraction of sp³-hybridized carbons (Fsp3) is 0.846. The number of ether oxygens (including phenoxy) is 2. The summed E-state index contributed by atoms with van der Waals surface area (Å²) in [5.41, 5.74) is -2.22. The van der Waals surface area contributed by atoms with Crippen molar-refractivity contribution >= 4 is 12.2 Å². The second-order valence-electron chi connectivity index (χ2n) is 12.8. The fourth-order valence-corrected chi connectivity index (χ4v) is 5.71. The maximum absolute atomic E-state index is 12.7. The van der Waals surface area contributed by atoms with E-state index in [1.807, 2.05) is 32.6 Å². The van der Waals surface area contributed by atoms with Crippen LogP contribution in [0.4, 0.5) is 22.8 Å². The maximum Gasteiger partial charge on any atom is 0.412 e. The Morgan fingerprint density at radius 3 is 1.72 bits per heavy atom. The quantitative estimate of drug-likeness (QED) is 0.401. The predicted molar refractivity (Wildman–Crippen MR) is 128 cm³/mol. The molecule has 4 unspecified atom stereocenters. The van der Waals surface area contributed by atoms with Gasteiger partial charge in [-0.15, -0.1) is 0 Å². The molecular weight excluding hydrogens is 477 g/mol. The van der Waals surface area contributed by atoms with E-state index in [2.05, 4.69) is 0 Å². The van der Waals surface area contributed by atoms with Crippen molar-refractivity contribution in [1.82, 2.24) is 9.80 Å². The maximum atomic E-state index is 12.7. The SMILES string of the molecule is CC(C)(C)OC(=O)N1C2C=C(C(F)(F)F)CC1CC2.CC1(O)CC2CCC(C1)N2C(=O)OC(C)(C)C. The zero-order valence-electron chi connectivity index (χ0n) is 22.4. The van der Waals surface area contributed by atoms with Crippen molar-refractivity contribution in [1.29, 1.82) is 0 Å². The first kappa shape index (κ1) is 28.6. The number of alkyl halides is 3. The van der Waals surface area contributed by atoms with Gasteiger partial charge in [0.1, 0.15) is 11.2 Å². The van der Waals surface area contributed by atoms with Crippen LogP contribution >= 0.6 is 0 Å². The van der Waals surface area contributed by atoms with Gasteiger partial charge in [-0.2, -0.15) is 13.2 Å². The molecule has 4 aliphatic rings. The summed E-state index contributed by atoms with van der Waals surface area (Å²) in [5.74, 6) is 0. The van der Waals surface area contributed by atoms with Crippen molar-refractivity contribution in [2.24, 2.45) is 0 Å². The first-order valence-electron chi connectivity index (χ1n) is 12.8. The van der Waals surface area contributed by atoms with Crippen molar-refractivity contribution in [3.8, 4) is 0 Å². The molecule has 4 heterocycles. The van der Waals surface area contributed by atoms with E-state index in [4.69, 9.17) is 9.47 Å². The van der Waals surface area contributed by atoms with E-state index in [9.17, 15) is 27.9 Å². The molecule has 0 spiro atoms. The molecule has 3 saturated heterocycles. The summed E-state index contributed by atoms with van der Waals surface area (Å²) in [6.45, 7) is 12.7. The van der Waals surface area contributed by atoms with Gasteiger partial charge in [-0.3, -0.25) is 4.90 Å². The summed E-state index contributed by atoms with van der Waals surface area (Å²) >= 11 is 0. The number of rotatable bonds is 0. The molecule has 0 radical (unpaired) electrons. The van der Waals surface area contributed by atoms with Crippen LogP contribution in [0.25, 0.3) is 0 Å². The van der Waals surface area contributed by atoms with Crippen molar-refractivity contribution in [2.75, 3.05) is 0 Å². The van der Waals surface area contributed by atoms with Crippen molar-refractivity contribution in [3.05, 3.63) is 11.6 Å². The van der Waals surface area contributed by atoms with Crippen LogP contribution in [-0.4, -0.2) is 74.2 Å². The van der Waals surface area contributed by atoms with Gasteiger partial charge < -0.3 is 19.5 Å². The van der Waals surface area contributed by atoms with E-state index in [0.717, 1.165) is 12.8 Å². The number of amides is 2. The van der Waals surface area contributed by atoms with Crippen LogP contribution in [0, 0.1) is 0 Å². The third kappa shape index (κ3) is 7.07. The van der Waals surface area contributed by atoms with Crippen LogP contribution in [0.15, 0.2) is 11.6 Å². The molecule has 4 bridgehead atoms. The number of carbonyl (C=O) groups is 2. The number of aliphatic hydroxyl groups is 1. The number of hydrogen-bond acceptors (Lipinski definition) is 5. The lowest BCUT2D eigenvalue weighted by molar-refractivity contribution is -0.0980. The van der Waals surface area contributed by atoms with Crippen LogP contribution < -0.4 is 0 Å². The minimum Gasteiger partial charge on any atom is -0.444 e. The van der Waals surface area contributed by atoms with E-state index in [1.54, 1.807) is 20.8 Å². The number of nitrogens with zero attached hydrogens (tertiary/aromatic N) is 2. The van der Waals surface area contributed by atoms with Gasteiger partial charge >= 0.3 is 18.4 Å². The molecule has 7 nitrogen and oxygen atoms in total. The molecule has 1 N–H and O–H groups in total. The summed E-state index contributed by atoms with van der Waals surface area (Å²) < 4.78 is 48.8. The Labute approximate surface area is 212 Å². The highest BCUT2D eigenvalue weighted by Gasteiger charge is 2.49. The largest absolute Gasteiger partial charge is 0.444 e. The lowest BCUT2D eigenvalue weighted by atomic mass is 9.88. The molecule has 206 valence electrons. The predicted octanol–water partition coefficient (Wildman–Crippen LogP) is 5.95. The second kappa shape index (κ2) is 9.72. The Morgan fingerprint density at radius 2 is 1.31 bits per heavy atom. The summed E-state index contributed by atoms with van der Waals surface area (Å²) in [5, 5.41) is 10.1. The Morgan fingerprint density at radius 1 is 0.861 bits per heavy atom. The molecule has 4 rings (SSSR count). The molecule has 0 aromatic rings. The van der Waals surface area contributed by atoms with Gasteiger partial charge in [-0.05, 0) is 93.4 Å². The Hall–Kier alpha value is -1.97. The van der Waals surface area contributed by atoms with Gasteiger partial charge in [-0.25, -0.2) is 9.59 Å². The van der Waals surface area contributed by atoms with Crippen molar-refractivity contribution in [3.63, 3.8) is 0 Å². The third-order valence-electron chi connectivity index (χ3n) is 6.94. The normalized spacial score (nSPS) is 31.9. The molecule has 0 aromatic carbocycles. The molecule has 3 fully saturated rings. The lowest BCUT2D eigenvalue weighted by Gasteiger charge is -2.42. The number of carbonyl (C=O) groups excluding carboxylic acids is 2. The van der Waals surface area contributed by atoms with E-state index in [-0.39, 0.29) is 30.6 Å². The zero-order chi connectivity index (χ0) is 27.3. The monoisotopic (exact) mass is 518 g/mol. The second-order valence-corrected chi connectivity index (χ2v) is 12.8. The fourth-order valence-electron chi connectivity index (χ4n) is 5.71. The Kier molecular flexibility index (Phi) is 7.73. The zero-order valence-corrected chi connectivity index (χ0v) is 22.4. The molecule has 0 aromatic heterocycles. The van der Waals surface area contributed by atoms with E-state index in [0.29, 0.717) is 25.7 Å². The minimum atomic E-state index is -4.29. The van der Waals surface area contributed by atoms with Crippen molar-refractivity contribution < 1.29 is 37.3 Å². The highest BCUT2D eigenvalue weighted by molar-refractivity contribution is 5.70. The Bertz CT molecular complexity index is 856. The Balaban J connectivity index is 0.000000202. The van der Waals surface area contributed by atoms with E-state index in [1.165, 1.54) is 11.0 Å². The summed E-state index contributed by atoms with van der Waals surface area (Å²) in [7, 11) is 0. The molecule has 4 aliphatic heterocycles. The molecule has 10 heteroatoms. The molecule has 0 saturated carbocycles. The minimum absolute atomic E-state index is 0.126.